The minimum absolute atomic E-state index is 0.0641. The van der Waals surface area contributed by atoms with E-state index >= 15 is 0 Å². The van der Waals surface area contributed by atoms with Crippen LogP contribution in [0, 0.1) is 0 Å². The molecule has 0 radical (unpaired) electrons. The number of hydrogen-bond donors (Lipinski definition) is 1. The highest BCUT2D eigenvalue weighted by molar-refractivity contribution is 7.98. The smallest absolute Gasteiger partial charge is 0.261 e. The van der Waals surface area contributed by atoms with Gasteiger partial charge in [-0.2, -0.15) is 11.8 Å². The van der Waals surface area contributed by atoms with Crippen LogP contribution in [-0.2, 0) is 16.0 Å². The summed E-state index contributed by atoms with van der Waals surface area (Å²) in [4.78, 5) is 12.4. The van der Waals surface area contributed by atoms with Crippen LogP contribution in [0.3, 0.4) is 0 Å². The van der Waals surface area contributed by atoms with Crippen molar-refractivity contribution in [2.45, 2.75) is 51.4 Å². The normalized spacial score (nSPS) is 12.5. The first-order valence-electron chi connectivity index (χ1n) is 9.66. The Morgan fingerprint density at radius 3 is 2.50 bits per heavy atom. The molecule has 0 aliphatic heterocycles. The van der Waals surface area contributed by atoms with E-state index in [1.54, 1.807) is 11.8 Å². The van der Waals surface area contributed by atoms with E-state index in [-0.39, 0.29) is 11.3 Å². The molecule has 0 unspecified atom stereocenters. The number of carbonyl (C=O) groups is 1. The lowest BCUT2D eigenvalue weighted by Crippen LogP contribution is -2.39. The standard InChI is InChI=1S/C23H30ClNO2S/c1-5-21(27-20-11-9-18(10-12-20)23(2,3)4)22(26)25-13-14-28-16-17-7-6-8-19(24)15-17/h6-12,15,21H,5,13-14,16H2,1-4H3,(H,25,26)/t21-/m0/s1. The minimum Gasteiger partial charge on any atom is -0.481 e. The lowest BCUT2D eigenvalue weighted by atomic mass is 9.87. The first kappa shape index (κ1) is 22.6. The van der Waals surface area contributed by atoms with Gasteiger partial charge in [-0.25, -0.2) is 0 Å². The van der Waals surface area contributed by atoms with Crippen LogP contribution in [0.25, 0.3) is 0 Å². The third kappa shape index (κ3) is 7.40. The van der Waals surface area contributed by atoms with E-state index in [1.165, 1.54) is 11.1 Å². The van der Waals surface area contributed by atoms with Crippen LogP contribution in [0.2, 0.25) is 5.02 Å². The van der Waals surface area contributed by atoms with Crippen LogP contribution in [0.5, 0.6) is 5.75 Å². The number of halogens is 1. The molecular weight excluding hydrogens is 390 g/mol. The van der Waals surface area contributed by atoms with Crippen molar-refractivity contribution in [2.24, 2.45) is 0 Å². The molecule has 2 aromatic rings. The third-order valence-electron chi connectivity index (χ3n) is 4.37. The van der Waals surface area contributed by atoms with Gasteiger partial charge in [0.2, 0.25) is 0 Å². The highest BCUT2D eigenvalue weighted by Gasteiger charge is 2.19. The van der Waals surface area contributed by atoms with Gasteiger partial charge < -0.3 is 10.1 Å². The second-order valence-electron chi connectivity index (χ2n) is 7.76. The van der Waals surface area contributed by atoms with Crippen LogP contribution in [0.1, 0.15) is 45.2 Å². The number of benzene rings is 2. The quantitative estimate of drug-likeness (QED) is 0.518. The van der Waals surface area contributed by atoms with Gasteiger partial charge in [-0.15, -0.1) is 0 Å². The van der Waals surface area contributed by atoms with E-state index < -0.39 is 6.10 Å². The second kappa shape index (κ2) is 10.8. The summed E-state index contributed by atoms with van der Waals surface area (Å²) in [5, 5.41) is 3.73. The molecule has 0 bridgehead atoms. The highest BCUT2D eigenvalue weighted by Crippen LogP contribution is 2.25. The molecule has 0 spiro atoms. The predicted octanol–water partition coefficient (Wildman–Crippen LogP) is 5.84. The summed E-state index contributed by atoms with van der Waals surface area (Å²) >= 11 is 7.76. The lowest BCUT2D eigenvalue weighted by molar-refractivity contribution is -0.127. The van der Waals surface area contributed by atoms with Crippen LogP contribution in [0.4, 0.5) is 0 Å². The molecule has 2 aromatic carbocycles. The Bertz CT molecular complexity index is 756. The van der Waals surface area contributed by atoms with Gasteiger partial charge in [0.25, 0.3) is 5.91 Å². The SMILES string of the molecule is CC[C@H](Oc1ccc(C(C)(C)C)cc1)C(=O)NCCSCc1cccc(Cl)c1. The van der Waals surface area contributed by atoms with E-state index in [0.717, 1.165) is 22.3 Å². The molecule has 28 heavy (non-hydrogen) atoms. The van der Waals surface area contributed by atoms with Crippen molar-refractivity contribution in [3.63, 3.8) is 0 Å². The molecule has 0 saturated heterocycles. The van der Waals surface area contributed by atoms with Crippen molar-refractivity contribution >= 4 is 29.3 Å². The summed E-state index contributed by atoms with van der Waals surface area (Å²) in [7, 11) is 0. The van der Waals surface area contributed by atoms with Crippen molar-refractivity contribution in [3.05, 3.63) is 64.7 Å². The first-order chi connectivity index (χ1) is 13.3. The number of hydrogen-bond acceptors (Lipinski definition) is 3. The Morgan fingerprint density at radius 2 is 1.89 bits per heavy atom. The summed E-state index contributed by atoms with van der Waals surface area (Å²) in [6, 6.07) is 15.9. The number of rotatable bonds is 9. The van der Waals surface area contributed by atoms with Crippen LogP contribution >= 0.6 is 23.4 Å². The van der Waals surface area contributed by atoms with Gasteiger partial charge in [0.15, 0.2) is 6.10 Å². The third-order valence-corrected chi connectivity index (χ3v) is 5.63. The molecule has 0 saturated carbocycles. The average Bonchev–Trinajstić information content (AvgIpc) is 2.65. The fourth-order valence-electron chi connectivity index (χ4n) is 2.70. The molecule has 1 amide bonds. The van der Waals surface area contributed by atoms with E-state index in [9.17, 15) is 4.79 Å². The van der Waals surface area contributed by atoms with Gasteiger partial charge in [-0.3, -0.25) is 4.79 Å². The zero-order chi connectivity index (χ0) is 20.6. The maximum atomic E-state index is 12.4. The van der Waals surface area contributed by atoms with Crippen molar-refractivity contribution in [1.82, 2.24) is 5.32 Å². The van der Waals surface area contributed by atoms with Gasteiger partial charge >= 0.3 is 0 Å². The van der Waals surface area contributed by atoms with E-state index in [0.29, 0.717) is 13.0 Å². The maximum absolute atomic E-state index is 12.4. The van der Waals surface area contributed by atoms with Gasteiger partial charge in [0.1, 0.15) is 5.75 Å². The Labute approximate surface area is 178 Å². The van der Waals surface area contributed by atoms with Crippen molar-refractivity contribution in [1.29, 1.82) is 0 Å². The number of thioether (sulfide) groups is 1. The monoisotopic (exact) mass is 419 g/mol. The Morgan fingerprint density at radius 1 is 1.18 bits per heavy atom. The maximum Gasteiger partial charge on any atom is 0.261 e. The molecule has 1 atom stereocenters. The van der Waals surface area contributed by atoms with Crippen molar-refractivity contribution in [3.8, 4) is 5.75 Å². The molecule has 2 rings (SSSR count). The largest absolute Gasteiger partial charge is 0.481 e. The molecule has 3 nitrogen and oxygen atoms in total. The Hall–Kier alpha value is -1.65. The average molecular weight is 420 g/mol. The first-order valence-corrected chi connectivity index (χ1v) is 11.2. The summed E-state index contributed by atoms with van der Waals surface area (Å²) in [6.07, 6.45) is 0.154. The molecule has 0 heterocycles. The van der Waals surface area contributed by atoms with Gasteiger partial charge in [-0.05, 0) is 47.2 Å². The van der Waals surface area contributed by atoms with Crippen LogP contribution < -0.4 is 10.1 Å². The van der Waals surface area contributed by atoms with E-state index in [1.807, 2.05) is 37.3 Å². The Balaban J connectivity index is 1.75. The van der Waals surface area contributed by atoms with E-state index in [4.69, 9.17) is 16.3 Å². The molecule has 1 N–H and O–H groups in total. The lowest BCUT2D eigenvalue weighted by Gasteiger charge is -2.21. The molecular formula is C23H30ClNO2S. The van der Waals surface area contributed by atoms with Crippen LogP contribution in [-0.4, -0.2) is 24.3 Å². The number of nitrogens with one attached hydrogen (secondary N) is 1. The molecule has 0 aliphatic carbocycles. The zero-order valence-electron chi connectivity index (χ0n) is 17.1. The van der Waals surface area contributed by atoms with Crippen LogP contribution in [0.15, 0.2) is 48.5 Å². The topological polar surface area (TPSA) is 38.3 Å². The number of amides is 1. The second-order valence-corrected chi connectivity index (χ2v) is 9.30. The predicted molar refractivity (Wildman–Crippen MR) is 120 cm³/mol. The summed E-state index contributed by atoms with van der Waals surface area (Å²) in [5.74, 6) is 2.38. The van der Waals surface area contributed by atoms with Gasteiger partial charge in [0, 0.05) is 23.1 Å². The fourth-order valence-corrected chi connectivity index (χ4v) is 3.72. The molecule has 0 aromatic heterocycles. The zero-order valence-corrected chi connectivity index (χ0v) is 18.7. The van der Waals surface area contributed by atoms with E-state index in [2.05, 4.69) is 44.3 Å². The van der Waals surface area contributed by atoms with Gasteiger partial charge in [-0.1, -0.05) is 63.6 Å². The summed E-state index contributed by atoms with van der Waals surface area (Å²) in [5.41, 5.74) is 2.54. The molecule has 0 aliphatic rings. The minimum atomic E-state index is -0.474. The number of carbonyl (C=O) groups excluding carboxylic acids is 1. The molecule has 0 fully saturated rings. The number of ether oxygens (including phenoxy) is 1. The van der Waals surface area contributed by atoms with Crippen molar-refractivity contribution < 1.29 is 9.53 Å². The fraction of sp³-hybridized carbons (Fsp3) is 0.435. The van der Waals surface area contributed by atoms with Gasteiger partial charge in [0.05, 0.1) is 0 Å². The summed E-state index contributed by atoms with van der Waals surface area (Å²) in [6.45, 7) is 9.11. The van der Waals surface area contributed by atoms with Crippen molar-refractivity contribution in [2.75, 3.05) is 12.3 Å². The summed E-state index contributed by atoms with van der Waals surface area (Å²) < 4.78 is 5.90. The molecule has 5 heteroatoms. The highest BCUT2D eigenvalue weighted by atomic mass is 35.5. The Kier molecular flexibility index (Phi) is 8.71. The molecule has 152 valence electrons.